The molecule has 0 aromatic heterocycles. The van der Waals surface area contributed by atoms with E-state index in [-0.39, 0.29) is 19.8 Å². The minimum atomic E-state index is -4.41. The van der Waals surface area contributed by atoms with Gasteiger partial charge in [-0.05, 0) is 6.92 Å². The number of aliphatic hydroxyl groups excluding tert-OH is 1. The van der Waals surface area contributed by atoms with Crippen LogP contribution in [0, 0.1) is 0 Å². The molecule has 0 amide bonds. The molecule has 0 aromatic carbocycles. The Balaban J connectivity index is 3.46. The molecule has 3 N–H and O–H groups in total. The first-order chi connectivity index (χ1) is 5.45. The molecule has 0 radical (unpaired) electrons. The average molecular weight is 200 g/mol. The molecule has 7 heteroatoms. The fourth-order valence-electron chi connectivity index (χ4n) is 0.579. The predicted molar refractivity (Wildman–Crippen MR) is 40.5 cm³/mol. The SMILES string of the molecule is CC(COCCO)OP(=O)(O)O. The van der Waals surface area contributed by atoms with Crippen LogP contribution in [0.4, 0.5) is 0 Å². The molecule has 0 rings (SSSR count). The molecule has 0 saturated heterocycles. The van der Waals surface area contributed by atoms with Crippen LogP contribution in [0.2, 0.25) is 0 Å². The first-order valence-electron chi connectivity index (χ1n) is 3.38. The van der Waals surface area contributed by atoms with E-state index in [0.717, 1.165) is 0 Å². The zero-order chi connectivity index (χ0) is 9.61. The second-order valence-corrected chi connectivity index (χ2v) is 3.40. The van der Waals surface area contributed by atoms with Crippen LogP contribution in [0.3, 0.4) is 0 Å². The normalized spacial score (nSPS) is 14.7. The monoisotopic (exact) mass is 200 g/mol. The number of rotatable bonds is 6. The largest absolute Gasteiger partial charge is 0.469 e. The van der Waals surface area contributed by atoms with Gasteiger partial charge in [0.25, 0.3) is 0 Å². The Morgan fingerprint density at radius 2 is 2.08 bits per heavy atom. The number of aliphatic hydroxyl groups is 1. The average Bonchev–Trinajstić information content (AvgIpc) is 1.84. The minimum Gasteiger partial charge on any atom is -0.394 e. The van der Waals surface area contributed by atoms with E-state index < -0.39 is 13.9 Å². The summed E-state index contributed by atoms with van der Waals surface area (Å²) in [5.74, 6) is 0. The second kappa shape index (κ2) is 5.64. The van der Waals surface area contributed by atoms with Crippen molar-refractivity contribution in [2.75, 3.05) is 19.8 Å². The molecule has 0 aliphatic rings. The van der Waals surface area contributed by atoms with E-state index in [1.165, 1.54) is 6.92 Å². The summed E-state index contributed by atoms with van der Waals surface area (Å²) in [6.45, 7) is 1.53. The van der Waals surface area contributed by atoms with Gasteiger partial charge in [0.05, 0.1) is 25.9 Å². The van der Waals surface area contributed by atoms with Gasteiger partial charge in [-0.15, -0.1) is 0 Å². The summed E-state index contributed by atoms with van der Waals surface area (Å²) >= 11 is 0. The Labute approximate surface area is 70.4 Å². The van der Waals surface area contributed by atoms with Crippen molar-refractivity contribution in [3.63, 3.8) is 0 Å². The molecule has 0 aliphatic heterocycles. The van der Waals surface area contributed by atoms with Gasteiger partial charge in [0.2, 0.25) is 0 Å². The van der Waals surface area contributed by atoms with E-state index in [1.807, 2.05) is 0 Å². The van der Waals surface area contributed by atoms with Crippen molar-refractivity contribution in [1.82, 2.24) is 0 Å². The zero-order valence-corrected chi connectivity index (χ0v) is 7.61. The van der Waals surface area contributed by atoms with E-state index >= 15 is 0 Å². The molecule has 0 bridgehead atoms. The van der Waals surface area contributed by atoms with Gasteiger partial charge in [-0.1, -0.05) is 0 Å². The third-order valence-electron chi connectivity index (χ3n) is 0.905. The first kappa shape index (κ1) is 12.0. The Hall–Kier alpha value is 0.0300. The summed E-state index contributed by atoms with van der Waals surface area (Å²) in [5, 5.41) is 8.29. The lowest BCUT2D eigenvalue weighted by Crippen LogP contribution is -2.16. The topological polar surface area (TPSA) is 96.2 Å². The highest BCUT2D eigenvalue weighted by molar-refractivity contribution is 7.46. The van der Waals surface area contributed by atoms with Gasteiger partial charge < -0.3 is 19.6 Å². The number of phosphoric ester groups is 1. The fraction of sp³-hybridized carbons (Fsp3) is 1.00. The molecule has 1 unspecified atom stereocenters. The second-order valence-electron chi connectivity index (χ2n) is 2.21. The molecule has 12 heavy (non-hydrogen) atoms. The Morgan fingerprint density at radius 1 is 1.50 bits per heavy atom. The predicted octanol–water partition coefficient (Wildman–Crippen LogP) is -0.507. The van der Waals surface area contributed by atoms with Gasteiger partial charge in [-0.25, -0.2) is 4.57 Å². The lowest BCUT2D eigenvalue weighted by molar-refractivity contribution is 0.0270. The van der Waals surface area contributed by atoms with Crippen LogP contribution >= 0.6 is 7.82 Å². The maximum Gasteiger partial charge on any atom is 0.469 e. The van der Waals surface area contributed by atoms with E-state index in [0.29, 0.717) is 0 Å². The number of ether oxygens (including phenoxy) is 1. The smallest absolute Gasteiger partial charge is 0.394 e. The molecular weight excluding hydrogens is 187 g/mol. The number of hydrogen-bond acceptors (Lipinski definition) is 4. The maximum atomic E-state index is 10.2. The molecule has 0 fully saturated rings. The number of phosphoric acid groups is 1. The Bertz CT molecular complexity index is 154. The van der Waals surface area contributed by atoms with E-state index in [4.69, 9.17) is 19.6 Å². The van der Waals surface area contributed by atoms with Crippen LogP contribution in [-0.4, -0.2) is 40.8 Å². The van der Waals surface area contributed by atoms with Crippen molar-refractivity contribution in [3.05, 3.63) is 0 Å². The summed E-state index contributed by atoms with van der Waals surface area (Å²) in [4.78, 5) is 16.7. The summed E-state index contributed by atoms with van der Waals surface area (Å²) in [6, 6.07) is 0. The third kappa shape index (κ3) is 8.13. The van der Waals surface area contributed by atoms with Crippen molar-refractivity contribution < 1.29 is 28.7 Å². The molecule has 0 heterocycles. The van der Waals surface area contributed by atoms with Gasteiger partial charge in [-0.2, -0.15) is 0 Å². The molecule has 0 aromatic rings. The van der Waals surface area contributed by atoms with Crippen LogP contribution in [0.25, 0.3) is 0 Å². The molecule has 6 nitrogen and oxygen atoms in total. The van der Waals surface area contributed by atoms with E-state index in [2.05, 4.69) is 4.52 Å². The van der Waals surface area contributed by atoms with Crippen LogP contribution in [0.1, 0.15) is 6.92 Å². The Kier molecular flexibility index (Phi) is 5.65. The molecule has 1 atom stereocenters. The fourth-order valence-corrected chi connectivity index (χ4v) is 1.11. The molecule has 74 valence electrons. The van der Waals surface area contributed by atoms with Crippen LogP contribution < -0.4 is 0 Å². The van der Waals surface area contributed by atoms with Gasteiger partial charge in [-0.3, -0.25) is 4.52 Å². The van der Waals surface area contributed by atoms with Crippen LogP contribution in [-0.2, 0) is 13.8 Å². The van der Waals surface area contributed by atoms with Gasteiger partial charge in [0.15, 0.2) is 0 Å². The van der Waals surface area contributed by atoms with Gasteiger partial charge >= 0.3 is 7.82 Å². The standard InChI is InChI=1S/C5H13O6P/c1-5(4-10-3-2-6)11-12(7,8)9/h5-6H,2-4H2,1H3,(H2,7,8,9). The van der Waals surface area contributed by atoms with Crippen LogP contribution in [0.15, 0.2) is 0 Å². The van der Waals surface area contributed by atoms with Crippen molar-refractivity contribution in [1.29, 1.82) is 0 Å². The minimum absolute atomic E-state index is 0.0473. The lowest BCUT2D eigenvalue weighted by Gasteiger charge is -2.12. The zero-order valence-electron chi connectivity index (χ0n) is 6.71. The Morgan fingerprint density at radius 3 is 2.50 bits per heavy atom. The van der Waals surface area contributed by atoms with Crippen molar-refractivity contribution in [3.8, 4) is 0 Å². The van der Waals surface area contributed by atoms with E-state index in [9.17, 15) is 4.57 Å². The van der Waals surface area contributed by atoms with E-state index in [1.54, 1.807) is 0 Å². The van der Waals surface area contributed by atoms with Crippen molar-refractivity contribution >= 4 is 7.82 Å². The third-order valence-corrected chi connectivity index (χ3v) is 1.54. The lowest BCUT2D eigenvalue weighted by atomic mass is 10.4. The van der Waals surface area contributed by atoms with Crippen LogP contribution in [0.5, 0.6) is 0 Å². The van der Waals surface area contributed by atoms with Gasteiger partial charge in [0, 0.05) is 0 Å². The van der Waals surface area contributed by atoms with Crippen molar-refractivity contribution in [2.24, 2.45) is 0 Å². The highest BCUT2D eigenvalue weighted by Gasteiger charge is 2.18. The first-order valence-corrected chi connectivity index (χ1v) is 4.91. The summed E-state index contributed by atoms with van der Waals surface area (Å²) in [5.41, 5.74) is 0. The summed E-state index contributed by atoms with van der Waals surface area (Å²) in [7, 11) is -4.41. The molecular formula is C5H13O6P. The highest BCUT2D eigenvalue weighted by Crippen LogP contribution is 2.37. The summed E-state index contributed by atoms with van der Waals surface area (Å²) in [6.07, 6.45) is -0.683. The van der Waals surface area contributed by atoms with Crippen molar-refractivity contribution in [2.45, 2.75) is 13.0 Å². The molecule has 0 saturated carbocycles. The summed E-state index contributed by atoms with van der Waals surface area (Å²) < 4.78 is 19.3. The molecule has 0 aliphatic carbocycles. The number of hydrogen-bond donors (Lipinski definition) is 3. The quantitative estimate of drug-likeness (QED) is 0.395. The maximum absolute atomic E-state index is 10.2. The van der Waals surface area contributed by atoms with Gasteiger partial charge in [0.1, 0.15) is 0 Å². The highest BCUT2D eigenvalue weighted by atomic mass is 31.2. The molecule has 0 spiro atoms.